The van der Waals surface area contributed by atoms with Gasteiger partial charge in [-0.2, -0.15) is 11.8 Å². The topological polar surface area (TPSA) is 0 Å². The summed E-state index contributed by atoms with van der Waals surface area (Å²) in [4.78, 5) is 0. The quantitative estimate of drug-likeness (QED) is 0.620. The molecule has 1 saturated heterocycles. The molecular formula is C10H19ClS. The molecule has 0 nitrogen and oxygen atoms in total. The van der Waals surface area contributed by atoms with Crippen LogP contribution in [0.3, 0.4) is 0 Å². The smallest absolute Gasteiger partial charge is 0.0462 e. The largest absolute Gasteiger partial charge is 0.160 e. The lowest BCUT2D eigenvalue weighted by Crippen LogP contribution is -2.15. The molecule has 0 aromatic carbocycles. The molecule has 0 spiro atoms. The van der Waals surface area contributed by atoms with Crippen molar-refractivity contribution in [3.8, 4) is 0 Å². The molecule has 2 heteroatoms. The van der Waals surface area contributed by atoms with E-state index < -0.39 is 0 Å². The van der Waals surface area contributed by atoms with Gasteiger partial charge < -0.3 is 0 Å². The number of hydrogen-bond donors (Lipinski definition) is 0. The first kappa shape index (κ1) is 10.7. The Bertz CT molecular complexity index is 139. The summed E-state index contributed by atoms with van der Waals surface area (Å²) in [5.74, 6) is 3.22. The van der Waals surface area contributed by atoms with Crippen LogP contribution in [-0.2, 0) is 0 Å². The van der Waals surface area contributed by atoms with Crippen LogP contribution in [0.4, 0.5) is 0 Å². The summed E-state index contributed by atoms with van der Waals surface area (Å²) in [5.41, 5.74) is 0.476. The van der Waals surface area contributed by atoms with Crippen LogP contribution in [0.1, 0.15) is 33.6 Å². The van der Waals surface area contributed by atoms with Crippen molar-refractivity contribution in [3.63, 3.8) is 0 Å². The third-order valence-corrected chi connectivity index (χ3v) is 4.34. The highest BCUT2D eigenvalue weighted by Crippen LogP contribution is 2.34. The predicted molar refractivity (Wildman–Crippen MR) is 59.1 cm³/mol. The Balaban J connectivity index is 2.23. The highest BCUT2D eigenvalue weighted by atomic mass is 35.5. The van der Waals surface area contributed by atoms with E-state index in [1.165, 1.54) is 18.6 Å². The molecule has 2 atom stereocenters. The molecule has 1 aliphatic heterocycles. The van der Waals surface area contributed by atoms with Crippen LogP contribution in [0.15, 0.2) is 0 Å². The Morgan fingerprint density at radius 2 is 2.00 bits per heavy atom. The van der Waals surface area contributed by atoms with Crippen LogP contribution in [-0.4, -0.2) is 16.9 Å². The van der Waals surface area contributed by atoms with Crippen LogP contribution in [0, 0.1) is 11.3 Å². The minimum Gasteiger partial charge on any atom is -0.160 e. The normalized spacial score (nSPS) is 31.0. The van der Waals surface area contributed by atoms with E-state index in [4.69, 9.17) is 11.6 Å². The maximum atomic E-state index is 6.19. The second kappa shape index (κ2) is 4.23. The number of thioether (sulfide) groups is 1. The highest BCUT2D eigenvalue weighted by molar-refractivity contribution is 7.99. The molecule has 72 valence electrons. The third-order valence-electron chi connectivity index (χ3n) is 2.39. The SMILES string of the molecule is CC(C)(C)CCC1CSCC1Cl. The monoisotopic (exact) mass is 206 g/mol. The van der Waals surface area contributed by atoms with E-state index in [-0.39, 0.29) is 0 Å². The standard InChI is InChI=1S/C10H19ClS/c1-10(2,3)5-4-8-6-12-7-9(8)11/h8-9H,4-7H2,1-3H3. The third kappa shape index (κ3) is 3.57. The van der Waals surface area contributed by atoms with E-state index in [1.54, 1.807) is 0 Å². The molecular weight excluding hydrogens is 188 g/mol. The zero-order valence-electron chi connectivity index (χ0n) is 8.27. The molecule has 0 N–H and O–H groups in total. The summed E-state index contributed by atoms with van der Waals surface area (Å²) >= 11 is 8.20. The van der Waals surface area contributed by atoms with Crippen molar-refractivity contribution in [3.05, 3.63) is 0 Å². The molecule has 0 amide bonds. The molecule has 1 rings (SSSR count). The second-order valence-corrected chi connectivity index (χ2v) is 6.55. The van der Waals surface area contributed by atoms with Crippen molar-refractivity contribution in [1.82, 2.24) is 0 Å². The van der Waals surface area contributed by atoms with Crippen molar-refractivity contribution in [2.45, 2.75) is 39.0 Å². The van der Waals surface area contributed by atoms with E-state index in [0.29, 0.717) is 10.8 Å². The summed E-state index contributed by atoms with van der Waals surface area (Å²) < 4.78 is 0. The average Bonchev–Trinajstić information content (AvgIpc) is 2.29. The highest BCUT2D eigenvalue weighted by Gasteiger charge is 2.26. The minimum absolute atomic E-state index is 0.442. The van der Waals surface area contributed by atoms with E-state index in [9.17, 15) is 0 Å². The lowest BCUT2D eigenvalue weighted by Gasteiger charge is -2.21. The molecule has 0 radical (unpaired) electrons. The van der Waals surface area contributed by atoms with Gasteiger partial charge in [-0.1, -0.05) is 20.8 Å². The maximum Gasteiger partial charge on any atom is 0.0462 e. The summed E-state index contributed by atoms with van der Waals surface area (Å²) in [5, 5.41) is 0.442. The molecule has 0 bridgehead atoms. The fourth-order valence-corrected chi connectivity index (χ4v) is 3.38. The van der Waals surface area contributed by atoms with Gasteiger partial charge in [0.15, 0.2) is 0 Å². The number of hydrogen-bond acceptors (Lipinski definition) is 1. The van der Waals surface area contributed by atoms with Crippen LogP contribution >= 0.6 is 23.4 Å². The Labute approximate surface area is 85.4 Å². The molecule has 1 heterocycles. The lowest BCUT2D eigenvalue weighted by atomic mass is 9.86. The Morgan fingerprint density at radius 1 is 1.33 bits per heavy atom. The van der Waals surface area contributed by atoms with Crippen molar-refractivity contribution in [1.29, 1.82) is 0 Å². The molecule has 0 saturated carbocycles. The second-order valence-electron chi connectivity index (χ2n) is 4.91. The Morgan fingerprint density at radius 3 is 2.42 bits per heavy atom. The molecule has 0 aromatic heterocycles. The van der Waals surface area contributed by atoms with Crippen LogP contribution < -0.4 is 0 Å². The van der Waals surface area contributed by atoms with Crippen molar-refractivity contribution < 1.29 is 0 Å². The first-order valence-corrected chi connectivity index (χ1v) is 6.30. The van der Waals surface area contributed by atoms with Gasteiger partial charge in [0.2, 0.25) is 0 Å². The van der Waals surface area contributed by atoms with E-state index >= 15 is 0 Å². The van der Waals surface area contributed by atoms with Gasteiger partial charge in [-0.05, 0) is 29.9 Å². The minimum atomic E-state index is 0.442. The summed E-state index contributed by atoms with van der Waals surface area (Å²) in [7, 11) is 0. The van der Waals surface area contributed by atoms with Gasteiger partial charge in [0.1, 0.15) is 0 Å². The van der Waals surface area contributed by atoms with E-state index in [2.05, 4.69) is 20.8 Å². The van der Waals surface area contributed by atoms with E-state index in [0.717, 1.165) is 11.7 Å². The van der Waals surface area contributed by atoms with Gasteiger partial charge in [0, 0.05) is 11.1 Å². The van der Waals surface area contributed by atoms with Crippen molar-refractivity contribution in [2.75, 3.05) is 11.5 Å². The van der Waals surface area contributed by atoms with Gasteiger partial charge in [-0.25, -0.2) is 0 Å². The molecule has 1 fully saturated rings. The van der Waals surface area contributed by atoms with Gasteiger partial charge in [-0.3, -0.25) is 0 Å². The Hall–Kier alpha value is 0.640. The first-order chi connectivity index (χ1) is 5.49. The first-order valence-electron chi connectivity index (χ1n) is 4.71. The van der Waals surface area contributed by atoms with E-state index in [1.807, 2.05) is 11.8 Å². The average molecular weight is 207 g/mol. The summed E-state index contributed by atoms with van der Waals surface area (Å²) in [6.07, 6.45) is 2.62. The molecule has 2 unspecified atom stereocenters. The van der Waals surface area contributed by atoms with Crippen molar-refractivity contribution >= 4 is 23.4 Å². The van der Waals surface area contributed by atoms with Crippen LogP contribution in [0.25, 0.3) is 0 Å². The van der Waals surface area contributed by atoms with Crippen molar-refractivity contribution in [2.24, 2.45) is 11.3 Å². The fraction of sp³-hybridized carbons (Fsp3) is 1.00. The van der Waals surface area contributed by atoms with Crippen LogP contribution in [0.2, 0.25) is 0 Å². The zero-order valence-corrected chi connectivity index (χ0v) is 9.84. The van der Waals surface area contributed by atoms with Gasteiger partial charge in [-0.15, -0.1) is 11.6 Å². The zero-order chi connectivity index (χ0) is 9.19. The molecule has 0 aromatic rings. The molecule has 1 aliphatic rings. The summed E-state index contributed by atoms with van der Waals surface area (Å²) in [6, 6.07) is 0. The number of alkyl halides is 1. The molecule has 0 aliphatic carbocycles. The van der Waals surface area contributed by atoms with Crippen LogP contribution in [0.5, 0.6) is 0 Å². The number of rotatable bonds is 2. The van der Waals surface area contributed by atoms with Gasteiger partial charge in [0.05, 0.1) is 0 Å². The fourth-order valence-electron chi connectivity index (χ4n) is 1.46. The number of halogens is 1. The van der Waals surface area contributed by atoms with Gasteiger partial charge >= 0.3 is 0 Å². The predicted octanol–water partition coefficient (Wildman–Crippen LogP) is 3.78. The lowest BCUT2D eigenvalue weighted by molar-refractivity contribution is 0.334. The van der Waals surface area contributed by atoms with Gasteiger partial charge in [0.25, 0.3) is 0 Å². The molecule has 12 heavy (non-hydrogen) atoms. The summed E-state index contributed by atoms with van der Waals surface area (Å²) in [6.45, 7) is 6.91. The Kier molecular flexibility index (Phi) is 3.78. The maximum absolute atomic E-state index is 6.19.